The zero-order valence-corrected chi connectivity index (χ0v) is 20.8. The second-order valence-corrected chi connectivity index (χ2v) is 9.40. The van der Waals surface area contributed by atoms with Gasteiger partial charge in [-0.15, -0.1) is 0 Å². The number of benzene rings is 2. The van der Waals surface area contributed by atoms with Crippen LogP contribution < -0.4 is 15.1 Å². The molecule has 206 valence electrons. The van der Waals surface area contributed by atoms with Crippen molar-refractivity contribution >= 4 is 11.4 Å². The maximum Gasteiger partial charge on any atom is 0.416 e. The summed E-state index contributed by atoms with van der Waals surface area (Å²) < 4.78 is 74.6. The van der Waals surface area contributed by atoms with Gasteiger partial charge < -0.3 is 20.2 Å². The van der Waals surface area contributed by atoms with Gasteiger partial charge in [0.1, 0.15) is 0 Å². The van der Waals surface area contributed by atoms with Crippen molar-refractivity contribution in [3.8, 4) is 0 Å². The Kier molecular flexibility index (Phi) is 10.1. The number of halogens is 6. The first-order valence-electron chi connectivity index (χ1n) is 12.4. The van der Waals surface area contributed by atoms with Gasteiger partial charge in [0, 0.05) is 76.9 Å². The van der Waals surface area contributed by atoms with Crippen LogP contribution in [0.25, 0.3) is 0 Å². The van der Waals surface area contributed by atoms with Crippen molar-refractivity contribution in [1.82, 2.24) is 10.2 Å². The lowest BCUT2D eigenvalue weighted by atomic mass is 10.1. The summed E-state index contributed by atoms with van der Waals surface area (Å²) in [5.74, 6) is 0.252. The first-order valence-corrected chi connectivity index (χ1v) is 12.4. The molecule has 1 atom stereocenters. The van der Waals surface area contributed by atoms with Gasteiger partial charge in [-0.25, -0.2) is 0 Å². The molecule has 2 saturated heterocycles. The zero-order valence-electron chi connectivity index (χ0n) is 20.8. The summed E-state index contributed by atoms with van der Waals surface area (Å²) in [7, 11) is 0. The van der Waals surface area contributed by atoms with Crippen LogP contribution in [0, 0.1) is 5.92 Å². The van der Waals surface area contributed by atoms with Crippen LogP contribution in [0.4, 0.5) is 37.7 Å². The van der Waals surface area contributed by atoms with E-state index in [-0.39, 0.29) is 12.5 Å². The Labute approximate surface area is 213 Å². The van der Waals surface area contributed by atoms with E-state index < -0.39 is 23.5 Å². The molecule has 2 aromatic rings. The van der Waals surface area contributed by atoms with Crippen LogP contribution in [0.15, 0.2) is 48.5 Å². The van der Waals surface area contributed by atoms with Gasteiger partial charge >= 0.3 is 12.4 Å². The summed E-state index contributed by atoms with van der Waals surface area (Å²) in [5, 5.41) is 12.3. The average Bonchev–Trinajstić information content (AvgIpc) is 2.89. The number of piperazine rings is 2. The molecule has 0 amide bonds. The van der Waals surface area contributed by atoms with Crippen LogP contribution in [0.2, 0.25) is 0 Å². The van der Waals surface area contributed by atoms with Gasteiger partial charge in [0.25, 0.3) is 0 Å². The van der Waals surface area contributed by atoms with Gasteiger partial charge in [0.05, 0.1) is 11.1 Å². The first kappa shape index (κ1) is 29.1. The van der Waals surface area contributed by atoms with Crippen molar-refractivity contribution in [2.75, 3.05) is 75.3 Å². The SMILES string of the molecule is C[C@H](CO)CN1CCN(c2ccc(C(F)(F)F)cc2)CC1.FC(F)(F)c1ccc(N2CCNCC2)cc1. The van der Waals surface area contributed by atoms with Crippen LogP contribution in [-0.4, -0.2) is 75.5 Å². The van der Waals surface area contributed by atoms with Gasteiger partial charge in [-0.1, -0.05) is 6.92 Å². The Morgan fingerprint density at radius 2 is 1.11 bits per heavy atom. The van der Waals surface area contributed by atoms with Crippen LogP contribution in [0.5, 0.6) is 0 Å². The summed E-state index contributed by atoms with van der Waals surface area (Å²) in [4.78, 5) is 6.46. The average molecular weight is 533 g/mol. The molecule has 2 N–H and O–H groups in total. The fourth-order valence-corrected chi connectivity index (χ4v) is 4.33. The van der Waals surface area contributed by atoms with E-state index in [4.69, 9.17) is 5.11 Å². The molecule has 0 aliphatic carbocycles. The number of rotatable bonds is 5. The van der Waals surface area contributed by atoms with Crippen LogP contribution in [0.1, 0.15) is 18.1 Å². The lowest BCUT2D eigenvalue weighted by molar-refractivity contribution is -0.138. The molecule has 4 rings (SSSR count). The third-order valence-electron chi connectivity index (χ3n) is 6.49. The van der Waals surface area contributed by atoms with E-state index in [1.165, 1.54) is 24.3 Å². The standard InChI is InChI=1S/C15H21F3N2O.C11H13F3N2/c1-12(11-21)10-19-6-8-20(9-7-19)14-4-2-13(3-5-14)15(16,17)18;12-11(13,14)9-1-3-10(4-2-9)16-7-5-15-6-8-16/h2-5,12,21H,6-11H2,1H3;1-4,15H,5-8H2/t12-;/m0./s1. The Hall–Kier alpha value is -2.50. The molecular weight excluding hydrogens is 498 g/mol. The summed E-state index contributed by atoms with van der Waals surface area (Å²) in [6.07, 6.45) is -8.53. The van der Waals surface area contributed by atoms with Gasteiger partial charge in [-0.2, -0.15) is 26.3 Å². The monoisotopic (exact) mass is 532 g/mol. The Morgan fingerprint density at radius 3 is 1.49 bits per heavy atom. The quantitative estimate of drug-likeness (QED) is 0.553. The normalized spacial score (nSPS) is 18.3. The third kappa shape index (κ3) is 8.79. The van der Waals surface area contributed by atoms with Crippen molar-refractivity contribution in [2.45, 2.75) is 19.3 Å². The molecule has 2 heterocycles. The predicted molar refractivity (Wildman–Crippen MR) is 133 cm³/mol. The number of nitrogens with zero attached hydrogens (tertiary/aromatic N) is 3. The van der Waals surface area contributed by atoms with Gasteiger partial charge in [0.2, 0.25) is 0 Å². The maximum absolute atomic E-state index is 12.5. The fourth-order valence-electron chi connectivity index (χ4n) is 4.33. The predicted octanol–water partition coefficient (Wildman–Crippen LogP) is 4.57. The first-order chi connectivity index (χ1) is 17.5. The number of anilines is 2. The molecule has 2 aromatic carbocycles. The Bertz CT molecular complexity index is 936. The van der Waals surface area contributed by atoms with Gasteiger partial charge in [-0.3, -0.25) is 4.90 Å². The van der Waals surface area contributed by atoms with E-state index in [2.05, 4.69) is 20.0 Å². The molecule has 0 aromatic heterocycles. The molecular formula is C26H34F6N4O. The van der Waals surface area contributed by atoms with Crippen molar-refractivity contribution in [3.05, 3.63) is 59.7 Å². The van der Waals surface area contributed by atoms with Gasteiger partial charge in [0.15, 0.2) is 0 Å². The van der Waals surface area contributed by atoms with Gasteiger partial charge in [-0.05, 0) is 54.4 Å². The molecule has 0 radical (unpaired) electrons. The summed E-state index contributed by atoms with van der Waals surface area (Å²) >= 11 is 0. The van der Waals surface area contributed by atoms with Crippen LogP contribution in [-0.2, 0) is 12.4 Å². The molecule has 11 heteroatoms. The largest absolute Gasteiger partial charge is 0.416 e. The van der Waals surface area contributed by atoms with Crippen LogP contribution >= 0.6 is 0 Å². The van der Waals surface area contributed by atoms with E-state index in [1.807, 2.05) is 6.92 Å². The molecule has 5 nitrogen and oxygen atoms in total. The highest BCUT2D eigenvalue weighted by Gasteiger charge is 2.31. The van der Waals surface area contributed by atoms with Crippen molar-refractivity contribution in [1.29, 1.82) is 0 Å². The highest BCUT2D eigenvalue weighted by Crippen LogP contribution is 2.31. The highest BCUT2D eigenvalue weighted by atomic mass is 19.4. The Morgan fingerprint density at radius 1 is 0.703 bits per heavy atom. The van der Waals surface area contributed by atoms with Crippen molar-refractivity contribution < 1.29 is 31.4 Å². The van der Waals surface area contributed by atoms with Crippen LogP contribution in [0.3, 0.4) is 0 Å². The molecule has 0 spiro atoms. The molecule has 2 aliphatic heterocycles. The lowest BCUT2D eigenvalue weighted by Crippen LogP contribution is -2.47. The Balaban J connectivity index is 0.000000213. The lowest BCUT2D eigenvalue weighted by Gasteiger charge is -2.37. The number of aliphatic hydroxyl groups is 1. The second-order valence-electron chi connectivity index (χ2n) is 9.40. The number of aliphatic hydroxyl groups excluding tert-OH is 1. The smallest absolute Gasteiger partial charge is 0.396 e. The minimum atomic E-state index is -4.28. The molecule has 2 aliphatic rings. The second kappa shape index (κ2) is 12.8. The number of nitrogens with one attached hydrogen (secondary N) is 1. The minimum absolute atomic E-state index is 0.180. The van der Waals surface area contributed by atoms with Crippen molar-refractivity contribution in [2.24, 2.45) is 5.92 Å². The highest BCUT2D eigenvalue weighted by molar-refractivity contribution is 5.49. The van der Waals surface area contributed by atoms with E-state index in [0.29, 0.717) is 0 Å². The molecule has 2 fully saturated rings. The minimum Gasteiger partial charge on any atom is -0.396 e. The summed E-state index contributed by atoms with van der Waals surface area (Å²) in [6, 6.07) is 10.7. The molecule has 0 saturated carbocycles. The van der Waals surface area contributed by atoms with E-state index in [0.717, 1.165) is 94.5 Å². The van der Waals surface area contributed by atoms with E-state index in [1.54, 1.807) is 0 Å². The summed E-state index contributed by atoms with van der Waals surface area (Å²) in [5.41, 5.74) is 0.486. The van der Waals surface area contributed by atoms with Crippen molar-refractivity contribution in [3.63, 3.8) is 0 Å². The summed E-state index contributed by atoms with van der Waals surface area (Å²) in [6.45, 7) is 9.79. The topological polar surface area (TPSA) is 42.0 Å². The van der Waals surface area contributed by atoms with E-state index in [9.17, 15) is 26.3 Å². The fraction of sp³-hybridized carbons (Fsp3) is 0.538. The number of alkyl halides is 6. The third-order valence-corrected chi connectivity index (χ3v) is 6.49. The molecule has 0 bridgehead atoms. The van der Waals surface area contributed by atoms with E-state index >= 15 is 0 Å². The molecule has 37 heavy (non-hydrogen) atoms. The molecule has 0 unspecified atom stereocenters. The maximum atomic E-state index is 12.5. The zero-order chi connectivity index (χ0) is 27.1. The number of hydrogen-bond acceptors (Lipinski definition) is 5. The number of hydrogen-bond donors (Lipinski definition) is 2.